The number of aliphatic carboxylic acids is 1. The van der Waals surface area contributed by atoms with Crippen molar-refractivity contribution in [2.75, 3.05) is 13.6 Å². The van der Waals surface area contributed by atoms with Gasteiger partial charge >= 0.3 is 12.0 Å². The van der Waals surface area contributed by atoms with E-state index in [1.807, 2.05) is 0 Å². The smallest absolute Gasteiger partial charge is 0.315 e. The quantitative estimate of drug-likeness (QED) is 0.553. The average molecular weight is 257 g/mol. The Balaban J connectivity index is 2.31. The fourth-order valence-corrected chi connectivity index (χ4v) is 2.03. The van der Waals surface area contributed by atoms with Gasteiger partial charge in [0.2, 0.25) is 5.91 Å². The van der Waals surface area contributed by atoms with Crippen LogP contribution >= 0.6 is 0 Å². The van der Waals surface area contributed by atoms with Gasteiger partial charge in [0.05, 0.1) is 12.5 Å². The molecular weight excluding hydrogens is 238 g/mol. The Bertz CT molecular complexity index is 332. The number of carbonyl (C=O) groups excluding carboxylic acids is 2. The van der Waals surface area contributed by atoms with Crippen LogP contribution in [-0.4, -0.2) is 42.6 Å². The minimum absolute atomic E-state index is 0.0859. The molecule has 7 nitrogen and oxygen atoms in total. The van der Waals surface area contributed by atoms with Crippen LogP contribution < -0.4 is 16.0 Å². The maximum absolute atomic E-state index is 11.5. The molecule has 1 fully saturated rings. The van der Waals surface area contributed by atoms with Crippen LogP contribution in [0.4, 0.5) is 4.79 Å². The highest BCUT2D eigenvalue weighted by Gasteiger charge is 2.27. The Morgan fingerprint density at radius 2 is 2.00 bits per heavy atom. The third-order valence-corrected chi connectivity index (χ3v) is 3.05. The molecule has 7 heteroatoms. The van der Waals surface area contributed by atoms with Crippen LogP contribution in [0.2, 0.25) is 0 Å². The predicted octanol–water partition coefficient (Wildman–Crippen LogP) is -0.325. The van der Waals surface area contributed by atoms with Crippen LogP contribution in [0.15, 0.2) is 0 Å². The number of carboxylic acids is 1. The van der Waals surface area contributed by atoms with E-state index in [-0.39, 0.29) is 24.4 Å². The Hall–Kier alpha value is -1.79. The van der Waals surface area contributed by atoms with Gasteiger partial charge in [0, 0.05) is 13.1 Å². The second-order valence-electron chi connectivity index (χ2n) is 4.40. The molecule has 0 aliphatic heterocycles. The van der Waals surface area contributed by atoms with Gasteiger partial charge in [0.15, 0.2) is 0 Å². The largest absolute Gasteiger partial charge is 0.481 e. The van der Waals surface area contributed by atoms with Crippen LogP contribution in [0, 0.1) is 5.92 Å². The lowest BCUT2D eigenvalue weighted by Gasteiger charge is -2.27. The molecule has 1 aliphatic carbocycles. The van der Waals surface area contributed by atoms with Crippen molar-refractivity contribution in [3.8, 4) is 0 Å². The minimum Gasteiger partial charge on any atom is -0.481 e. The summed E-state index contributed by atoms with van der Waals surface area (Å²) in [5.74, 6) is -1.48. The molecule has 0 bridgehead atoms. The molecule has 0 aromatic carbocycles. The number of urea groups is 1. The molecule has 0 aromatic rings. The second-order valence-corrected chi connectivity index (χ2v) is 4.40. The molecule has 0 aromatic heterocycles. The summed E-state index contributed by atoms with van der Waals surface area (Å²) in [6.07, 6.45) is 2.67. The number of nitrogens with one attached hydrogen (secondary N) is 3. The first kappa shape index (κ1) is 14.3. The van der Waals surface area contributed by atoms with Gasteiger partial charge in [-0.05, 0) is 19.3 Å². The highest BCUT2D eigenvalue weighted by atomic mass is 16.4. The van der Waals surface area contributed by atoms with E-state index in [4.69, 9.17) is 5.11 Å². The first-order valence-electron chi connectivity index (χ1n) is 6.00. The van der Waals surface area contributed by atoms with Gasteiger partial charge in [-0.15, -0.1) is 0 Å². The van der Waals surface area contributed by atoms with E-state index in [1.54, 1.807) is 0 Å². The fourth-order valence-electron chi connectivity index (χ4n) is 2.03. The zero-order valence-electron chi connectivity index (χ0n) is 10.4. The standard InChI is InChI=1S/C11H19N3O4/c1-12-9(15)6-13-11(18)14-8-4-2-3-7(5-8)10(16)17/h7-8H,2-6H2,1H3,(H,12,15)(H,16,17)(H2,13,14,18). The maximum atomic E-state index is 11.5. The van der Waals surface area contributed by atoms with Gasteiger partial charge in [0.25, 0.3) is 0 Å². The van der Waals surface area contributed by atoms with Crippen LogP contribution in [0.1, 0.15) is 25.7 Å². The van der Waals surface area contributed by atoms with Crippen molar-refractivity contribution in [3.05, 3.63) is 0 Å². The van der Waals surface area contributed by atoms with Crippen molar-refractivity contribution in [1.29, 1.82) is 0 Å². The lowest BCUT2D eigenvalue weighted by atomic mass is 9.86. The summed E-state index contributed by atoms with van der Waals surface area (Å²) in [7, 11) is 1.49. The minimum atomic E-state index is -0.813. The van der Waals surface area contributed by atoms with Gasteiger partial charge in [-0.3, -0.25) is 9.59 Å². The predicted molar refractivity (Wildman–Crippen MR) is 64.0 cm³/mol. The molecule has 3 amide bonds. The van der Waals surface area contributed by atoms with E-state index in [0.29, 0.717) is 12.8 Å². The molecule has 2 atom stereocenters. The van der Waals surface area contributed by atoms with E-state index in [9.17, 15) is 14.4 Å². The number of hydrogen-bond acceptors (Lipinski definition) is 3. The highest BCUT2D eigenvalue weighted by Crippen LogP contribution is 2.24. The van der Waals surface area contributed by atoms with Crippen LogP contribution in [0.25, 0.3) is 0 Å². The molecule has 0 spiro atoms. The topological polar surface area (TPSA) is 108 Å². The molecule has 2 unspecified atom stereocenters. The highest BCUT2D eigenvalue weighted by molar-refractivity contribution is 5.83. The van der Waals surface area contributed by atoms with Crippen molar-refractivity contribution in [2.45, 2.75) is 31.7 Å². The molecule has 0 radical (unpaired) electrons. The van der Waals surface area contributed by atoms with Gasteiger partial charge < -0.3 is 21.1 Å². The van der Waals surface area contributed by atoms with Gasteiger partial charge in [-0.1, -0.05) is 6.42 Å². The van der Waals surface area contributed by atoms with Crippen molar-refractivity contribution in [3.63, 3.8) is 0 Å². The molecule has 102 valence electrons. The lowest BCUT2D eigenvalue weighted by molar-refractivity contribution is -0.143. The summed E-state index contributed by atoms with van der Waals surface area (Å²) >= 11 is 0. The molecule has 4 N–H and O–H groups in total. The molecule has 18 heavy (non-hydrogen) atoms. The average Bonchev–Trinajstić information content (AvgIpc) is 2.36. The monoisotopic (exact) mass is 257 g/mol. The number of carboxylic acid groups (broad SMARTS) is 1. The third kappa shape index (κ3) is 4.60. The van der Waals surface area contributed by atoms with Crippen molar-refractivity contribution >= 4 is 17.9 Å². The first-order valence-corrected chi connectivity index (χ1v) is 6.00. The Kier molecular flexibility index (Phi) is 5.41. The molecule has 1 rings (SSSR count). The summed E-state index contributed by atoms with van der Waals surface area (Å²) in [4.78, 5) is 33.2. The fraction of sp³-hybridized carbons (Fsp3) is 0.727. The summed E-state index contributed by atoms with van der Waals surface area (Å²) in [5, 5.41) is 16.4. The number of carbonyl (C=O) groups is 3. The Morgan fingerprint density at radius 1 is 1.28 bits per heavy atom. The SMILES string of the molecule is CNC(=O)CNC(=O)NC1CCCC(C(=O)O)C1. The summed E-state index contributed by atoms with van der Waals surface area (Å²) in [6, 6.07) is -0.570. The molecular formula is C11H19N3O4. The summed E-state index contributed by atoms with van der Waals surface area (Å²) in [6.45, 7) is -0.0859. The van der Waals surface area contributed by atoms with E-state index in [1.165, 1.54) is 7.05 Å². The van der Waals surface area contributed by atoms with E-state index in [0.717, 1.165) is 12.8 Å². The van der Waals surface area contributed by atoms with Crippen LogP contribution in [0.3, 0.4) is 0 Å². The van der Waals surface area contributed by atoms with Crippen LogP contribution in [-0.2, 0) is 9.59 Å². The number of rotatable bonds is 4. The third-order valence-electron chi connectivity index (χ3n) is 3.05. The normalized spacial score (nSPS) is 22.9. The Morgan fingerprint density at radius 3 is 2.61 bits per heavy atom. The molecule has 1 saturated carbocycles. The number of likely N-dealkylation sites (N-methyl/N-ethyl adjacent to an activating group) is 1. The maximum Gasteiger partial charge on any atom is 0.315 e. The van der Waals surface area contributed by atoms with Crippen LogP contribution in [0.5, 0.6) is 0 Å². The molecule has 0 heterocycles. The van der Waals surface area contributed by atoms with Gasteiger partial charge in [-0.25, -0.2) is 4.79 Å². The first-order chi connectivity index (χ1) is 8.52. The van der Waals surface area contributed by atoms with Crippen molar-refractivity contribution < 1.29 is 19.5 Å². The van der Waals surface area contributed by atoms with Gasteiger partial charge in [0.1, 0.15) is 0 Å². The summed E-state index contributed by atoms with van der Waals surface area (Å²) in [5.41, 5.74) is 0. The van der Waals surface area contributed by atoms with Crippen molar-refractivity contribution in [2.24, 2.45) is 5.92 Å². The van der Waals surface area contributed by atoms with E-state index >= 15 is 0 Å². The Labute approximate surface area is 105 Å². The summed E-state index contributed by atoms with van der Waals surface area (Å²) < 4.78 is 0. The number of amides is 3. The molecule has 1 aliphatic rings. The van der Waals surface area contributed by atoms with Gasteiger partial charge in [-0.2, -0.15) is 0 Å². The zero-order valence-corrected chi connectivity index (χ0v) is 10.4. The van der Waals surface area contributed by atoms with Crippen molar-refractivity contribution in [1.82, 2.24) is 16.0 Å². The van der Waals surface area contributed by atoms with E-state index < -0.39 is 12.0 Å². The lowest BCUT2D eigenvalue weighted by Crippen LogP contribution is -2.47. The second kappa shape index (κ2) is 6.83. The number of hydrogen-bond donors (Lipinski definition) is 4. The zero-order chi connectivity index (χ0) is 13.5. The molecule has 0 saturated heterocycles. The van der Waals surface area contributed by atoms with E-state index in [2.05, 4.69) is 16.0 Å².